The molecule has 0 aromatic heterocycles. The van der Waals surface area contributed by atoms with Crippen LogP contribution in [0.15, 0.2) is 12.1 Å². The number of hydrogen-bond donors (Lipinski definition) is 0. The van der Waals surface area contributed by atoms with Gasteiger partial charge < -0.3 is 0 Å². The molecular formula is C26H38F4. The number of alkyl halides is 2. The van der Waals surface area contributed by atoms with E-state index in [1.54, 1.807) is 12.1 Å². The van der Waals surface area contributed by atoms with Crippen LogP contribution in [-0.4, -0.2) is 5.92 Å². The van der Waals surface area contributed by atoms with Crippen LogP contribution in [0.1, 0.15) is 120 Å². The minimum atomic E-state index is -2.79. The lowest BCUT2D eigenvalue weighted by molar-refractivity contribution is -0.0948. The predicted octanol–water partition coefficient (Wildman–Crippen LogP) is 9.14. The van der Waals surface area contributed by atoms with Crippen LogP contribution in [0.5, 0.6) is 0 Å². The Morgan fingerprint density at radius 1 is 0.767 bits per heavy atom. The summed E-state index contributed by atoms with van der Waals surface area (Å²) in [7, 11) is 0. The second kappa shape index (κ2) is 10.5. The number of hydrogen-bond acceptors (Lipinski definition) is 0. The maximum absolute atomic E-state index is 15.0. The average molecular weight is 427 g/mol. The predicted molar refractivity (Wildman–Crippen MR) is 115 cm³/mol. The second-order valence-electron chi connectivity index (χ2n) is 9.81. The monoisotopic (exact) mass is 426 g/mol. The van der Waals surface area contributed by atoms with Crippen molar-refractivity contribution >= 4 is 0 Å². The van der Waals surface area contributed by atoms with Gasteiger partial charge in [0, 0.05) is 12.3 Å². The van der Waals surface area contributed by atoms with E-state index in [4.69, 9.17) is 0 Å². The van der Waals surface area contributed by atoms with Gasteiger partial charge in [0.1, 0.15) is 0 Å². The first-order valence-corrected chi connectivity index (χ1v) is 12.2. The first-order chi connectivity index (χ1) is 14.4. The van der Waals surface area contributed by atoms with E-state index in [-0.39, 0.29) is 17.9 Å². The third kappa shape index (κ3) is 5.40. The summed E-state index contributed by atoms with van der Waals surface area (Å²) in [6, 6.07) is 3.29. The topological polar surface area (TPSA) is 0 Å². The summed E-state index contributed by atoms with van der Waals surface area (Å²) in [5.41, 5.74) is 0.605. The molecule has 0 bridgehead atoms. The van der Waals surface area contributed by atoms with Crippen molar-refractivity contribution in [1.29, 1.82) is 0 Å². The minimum Gasteiger partial charge on any atom is -0.207 e. The molecule has 2 unspecified atom stereocenters. The Hall–Kier alpha value is -1.06. The highest BCUT2D eigenvalue weighted by Crippen LogP contribution is 2.48. The Balaban J connectivity index is 1.65. The minimum absolute atomic E-state index is 0.0534. The Bertz CT molecular complexity index is 676. The quantitative estimate of drug-likeness (QED) is 0.287. The van der Waals surface area contributed by atoms with Crippen LogP contribution in [0, 0.1) is 23.5 Å². The van der Waals surface area contributed by atoms with E-state index in [0.717, 1.165) is 32.1 Å². The Morgan fingerprint density at radius 3 is 1.93 bits per heavy atom. The zero-order chi connectivity index (χ0) is 21.7. The molecule has 0 heterocycles. The average Bonchev–Trinajstić information content (AvgIpc) is 2.72. The fourth-order valence-electron chi connectivity index (χ4n) is 5.84. The SMILES string of the molecule is CCCCCC1CCC(c2ccc(C3CCC(CCC)C(F)(F)C3)c(F)c2F)CC1. The zero-order valence-corrected chi connectivity index (χ0v) is 18.7. The van der Waals surface area contributed by atoms with Crippen molar-refractivity contribution in [3.8, 4) is 0 Å². The van der Waals surface area contributed by atoms with Crippen LogP contribution in [0.25, 0.3) is 0 Å². The maximum atomic E-state index is 15.0. The van der Waals surface area contributed by atoms with E-state index in [9.17, 15) is 17.6 Å². The van der Waals surface area contributed by atoms with E-state index in [0.29, 0.717) is 30.7 Å². The molecule has 0 amide bonds. The number of rotatable bonds is 8. The highest BCUT2D eigenvalue weighted by Gasteiger charge is 2.45. The molecule has 3 rings (SSSR count). The van der Waals surface area contributed by atoms with Gasteiger partial charge in [-0.05, 0) is 73.8 Å². The molecule has 0 aliphatic heterocycles. The molecule has 0 N–H and O–H groups in total. The number of benzene rings is 1. The van der Waals surface area contributed by atoms with Crippen LogP contribution < -0.4 is 0 Å². The van der Waals surface area contributed by atoms with E-state index >= 15 is 0 Å². The van der Waals surface area contributed by atoms with Crippen molar-refractivity contribution in [2.45, 2.75) is 115 Å². The van der Waals surface area contributed by atoms with Crippen LogP contribution in [0.4, 0.5) is 17.6 Å². The lowest BCUT2D eigenvalue weighted by Gasteiger charge is -2.36. The Labute approximate surface area is 179 Å². The molecule has 170 valence electrons. The number of unbranched alkanes of at least 4 members (excludes halogenated alkanes) is 2. The van der Waals surface area contributed by atoms with Gasteiger partial charge in [0.05, 0.1) is 0 Å². The molecule has 2 fully saturated rings. The van der Waals surface area contributed by atoms with E-state index in [1.807, 2.05) is 6.92 Å². The largest absolute Gasteiger partial charge is 0.251 e. The molecule has 4 heteroatoms. The van der Waals surface area contributed by atoms with Gasteiger partial charge in [0.25, 0.3) is 5.92 Å². The standard InChI is InChI=1S/C26H38F4/c1-3-5-6-8-18-9-11-19(12-10-18)22-15-16-23(25(28)24(22)27)20-13-14-21(7-4-2)26(29,30)17-20/h15-16,18-21H,3-14,17H2,1-2H3. The van der Waals surface area contributed by atoms with Crippen molar-refractivity contribution in [1.82, 2.24) is 0 Å². The molecule has 1 aromatic carbocycles. The van der Waals surface area contributed by atoms with Crippen molar-refractivity contribution in [2.24, 2.45) is 11.8 Å². The number of halogens is 4. The molecule has 30 heavy (non-hydrogen) atoms. The van der Waals surface area contributed by atoms with E-state index in [2.05, 4.69) is 6.92 Å². The summed E-state index contributed by atoms with van der Waals surface area (Å²) in [4.78, 5) is 0. The third-order valence-electron chi connectivity index (χ3n) is 7.70. The summed E-state index contributed by atoms with van der Waals surface area (Å²) in [6.07, 6.45) is 10.7. The molecule has 0 nitrogen and oxygen atoms in total. The fraction of sp³-hybridized carbons (Fsp3) is 0.769. The zero-order valence-electron chi connectivity index (χ0n) is 18.7. The van der Waals surface area contributed by atoms with Gasteiger partial charge in [-0.3, -0.25) is 0 Å². The molecule has 0 spiro atoms. The van der Waals surface area contributed by atoms with Crippen molar-refractivity contribution in [3.05, 3.63) is 34.9 Å². The smallest absolute Gasteiger partial charge is 0.207 e. The van der Waals surface area contributed by atoms with Crippen LogP contribution >= 0.6 is 0 Å². The fourth-order valence-corrected chi connectivity index (χ4v) is 5.84. The van der Waals surface area contributed by atoms with Gasteiger partial charge in [0.2, 0.25) is 0 Å². The van der Waals surface area contributed by atoms with Crippen LogP contribution in [-0.2, 0) is 0 Å². The molecule has 0 saturated heterocycles. The van der Waals surface area contributed by atoms with Crippen molar-refractivity contribution in [3.63, 3.8) is 0 Å². The van der Waals surface area contributed by atoms with E-state index in [1.165, 1.54) is 25.7 Å². The Kier molecular flexibility index (Phi) is 8.26. The first kappa shape index (κ1) is 23.6. The van der Waals surface area contributed by atoms with Crippen molar-refractivity contribution in [2.75, 3.05) is 0 Å². The molecule has 2 saturated carbocycles. The molecule has 2 aliphatic carbocycles. The lowest BCUT2D eigenvalue weighted by atomic mass is 9.73. The summed E-state index contributed by atoms with van der Waals surface area (Å²) in [5.74, 6) is -4.92. The van der Waals surface area contributed by atoms with Crippen molar-refractivity contribution < 1.29 is 17.6 Å². The lowest BCUT2D eigenvalue weighted by Crippen LogP contribution is -2.35. The van der Waals surface area contributed by atoms with E-state index < -0.39 is 29.4 Å². The summed E-state index contributed by atoms with van der Waals surface area (Å²) < 4.78 is 59.0. The van der Waals surface area contributed by atoms with Gasteiger partial charge in [-0.25, -0.2) is 17.6 Å². The molecule has 2 aliphatic rings. The Morgan fingerprint density at radius 2 is 1.37 bits per heavy atom. The van der Waals surface area contributed by atoms with Gasteiger partial charge in [0.15, 0.2) is 11.6 Å². The summed E-state index contributed by atoms with van der Waals surface area (Å²) >= 11 is 0. The summed E-state index contributed by atoms with van der Waals surface area (Å²) in [5, 5.41) is 0. The highest BCUT2D eigenvalue weighted by molar-refractivity contribution is 5.32. The molecular weight excluding hydrogens is 388 g/mol. The van der Waals surface area contributed by atoms with Gasteiger partial charge in [-0.2, -0.15) is 0 Å². The van der Waals surface area contributed by atoms with Crippen LogP contribution in [0.2, 0.25) is 0 Å². The third-order valence-corrected chi connectivity index (χ3v) is 7.70. The van der Waals surface area contributed by atoms with Crippen LogP contribution in [0.3, 0.4) is 0 Å². The molecule has 0 radical (unpaired) electrons. The molecule has 2 atom stereocenters. The summed E-state index contributed by atoms with van der Waals surface area (Å²) in [6.45, 7) is 4.12. The highest BCUT2D eigenvalue weighted by atomic mass is 19.3. The van der Waals surface area contributed by atoms with Gasteiger partial charge in [-0.1, -0.05) is 58.1 Å². The first-order valence-electron chi connectivity index (χ1n) is 12.2. The van der Waals surface area contributed by atoms with Gasteiger partial charge in [-0.15, -0.1) is 0 Å². The molecule has 1 aromatic rings. The van der Waals surface area contributed by atoms with Gasteiger partial charge >= 0.3 is 0 Å². The second-order valence-corrected chi connectivity index (χ2v) is 9.81. The maximum Gasteiger partial charge on any atom is 0.251 e. The normalized spacial score (nSPS) is 29.1.